The van der Waals surface area contributed by atoms with Gasteiger partial charge in [0.25, 0.3) is 0 Å². The highest BCUT2D eigenvalue weighted by atomic mass is 35.5. The van der Waals surface area contributed by atoms with E-state index in [0.717, 1.165) is 5.56 Å². The molecule has 1 aromatic rings. The Bertz CT molecular complexity index is 275. The Morgan fingerprint density at radius 1 is 1.00 bits per heavy atom. The van der Waals surface area contributed by atoms with E-state index in [1.807, 2.05) is 30.3 Å². The second kappa shape index (κ2) is 3.64. The summed E-state index contributed by atoms with van der Waals surface area (Å²) in [6.45, 7) is 6.50. The van der Waals surface area contributed by atoms with Gasteiger partial charge < -0.3 is 0 Å². The van der Waals surface area contributed by atoms with E-state index >= 15 is 0 Å². The molecule has 0 N–H and O–H groups in total. The maximum atomic E-state index is 6.36. The first-order valence-corrected chi connectivity index (χ1v) is 8.54. The van der Waals surface area contributed by atoms with Crippen LogP contribution in [0.4, 0.5) is 0 Å². The summed E-state index contributed by atoms with van der Waals surface area (Å²) >= 11 is 12.7. The highest BCUT2D eigenvalue weighted by Crippen LogP contribution is 2.42. The van der Waals surface area contributed by atoms with Crippen LogP contribution in [-0.2, 0) is 3.96 Å². The number of alkyl halides is 2. The lowest BCUT2D eigenvalue weighted by Crippen LogP contribution is -2.40. The first-order chi connectivity index (χ1) is 5.86. The average molecular weight is 233 g/mol. The second-order valence-electron chi connectivity index (χ2n) is 4.19. The van der Waals surface area contributed by atoms with Gasteiger partial charge in [0.2, 0.25) is 0 Å². The molecule has 1 aromatic carbocycles. The molecule has 0 spiro atoms. The number of hydrogen-bond donors (Lipinski definition) is 0. The predicted molar refractivity (Wildman–Crippen MR) is 63.2 cm³/mol. The molecular weight excluding hydrogens is 219 g/mol. The van der Waals surface area contributed by atoms with Gasteiger partial charge in [0.05, 0.1) is 8.07 Å². The van der Waals surface area contributed by atoms with Crippen LogP contribution < -0.4 is 0 Å². The smallest absolute Gasteiger partial charge is 0.101 e. The van der Waals surface area contributed by atoms with Crippen LogP contribution in [0.15, 0.2) is 30.3 Å². The predicted octanol–water partition coefficient (Wildman–Crippen LogP) is 4.19. The van der Waals surface area contributed by atoms with Crippen LogP contribution in [-0.4, -0.2) is 8.07 Å². The molecule has 0 nitrogen and oxygen atoms in total. The molecule has 1 rings (SSSR count). The summed E-state index contributed by atoms with van der Waals surface area (Å²) in [5, 5.41) is 0. The molecule has 0 aliphatic heterocycles. The standard InChI is InChI=1S/C10H14Cl2Si/c1-13(2,3)10(11,12)9-7-5-4-6-8-9/h4-8H,1-3H3. The molecule has 0 aliphatic rings. The van der Waals surface area contributed by atoms with E-state index in [1.54, 1.807) is 0 Å². The van der Waals surface area contributed by atoms with Crippen LogP contribution in [0.5, 0.6) is 0 Å². The van der Waals surface area contributed by atoms with Crippen LogP contribution in [0.2, 0.25) is 19.6 Å². The fourth-order valence-electron chi connectivity index (χ4n) is 1.08. The van der Waals surface area contributed by atoms with Crippen LogP contribution in [0.1, 0.15) is 5.56 Å². The molecule has 0 atom stereocenters. The van der Waals surface area contributed by atoms with Gasteiger partial charge in [-0.3, -0.25) is 0 Å². The quantitative estimate of drug-likeness (QED) is 0.530. The van der Waals surface area contributed by atoms with Crippen molar-refractivity contribution in [3.8, 4) is 0 Å². The number of benzene rings is 1. The zero-order chi connectivity index (χ0) is 10.1. The molecule has 0 heterocycles. The van der Waals surface area contributed by atoms with Crippen molar-refractivity contribution in [2.45, 2.75) is 23.6 Å². The van der Waals surface area contributed by atoms with Crippen LogP contribution in [0.25, 0.3) is 0 Å². The van der Waals surface area contributed by atoms with E-state index in [0.29, 0.717) is 0 Å². The van der Waals surface area contributed by atoms with E-state index in [1.165, 1.54) is 0 Å². The minimum Gasteiger partial charge on any atom is -0.101 e. The van der Waals surface area contributed by atoms with E-state index < -0.39 is 12.0 Å². The van der Waals surface area contributed by atoms with Crippen molar-refractivity contribution in [3.63, 3.8) is 0 Å². The van der Waals surface area contributed by atoms with Crippen molar-refractivity contribution in [1.29, 1.82) is 0 Å². The number of hydrogen-bond acceptors (Lipinski definition) is 0. The third-order valence-corrected chi connectivity index (χ3v) is 8.09. The van der Waals surface area contributed by atoms with Crippen molar-refractivity contribution in [3.05, 3.63) is 35.9 Å². The highest BCUT2D eigenvalue weighted by Gasteiger charge is 2.41. The Kier molecular flexibility index (Phi) is 3.11. The van der Waals surface area contributed by atoms with Crippen LogP contribution >= 0.6 is 23.2 Å². The molecule has 0 unspecified atom stereocenters. The van der Waals surface area contributed by atoms with Gasteiger partial charge >= 0.3 is 0 Å². The van der Waals surface area contributed by atoms with Crippen LogP contribution in [0.3, 0.4) is 0 Å². The third kappa shape index (κ3) is 2.28. The maximum Gasteiger partial charge on any atom is 0.130 e. The normalized spacial score (nSPS) is 13.0. The van der Waals surface area contributed by atoms with Crippen molar-refractivity contribution >= 4 is 31.3 Å². The average Bonchev–Trinajstić information content (AvgIpc) is 2.04. The summed E-state index contributed by atoms with van der Waals surface area (Å²) in [6, 6.07) is 9.87. The van der Waals surface area contributed by atoms with E-state index in [2.05, 4.69) is 19.6 Å². The van der Waals surface area contributed by atoms with Gasteiger partial charge in [-0.15, -0.1) is 23.2 Å². The van der Waals surface area contributed by atoms with Crippen molar-refractivity contribution in [2.24, 2.45) is 0 Å². The molecule has 0 fully saturated rings. The zero-order valence-corrected chi connectivity index (χ0v) is 10.7. The highest BCUT2D eigenvalue weighted by molar-refractivity contribution is 6.93. The fraction of sp³-hybridized carbons (Fsp3) is 0.400. The Balaban J connectivity index is 3.08. The summed E-state index contributed by atoms with van der Waals surface area (Å²) in [7, 11) is -1.59. The van der Waals surface area contributed by atoms with E-state index in [4.69, 9.17) is 23.2 Å². The molecular formula is C10H14Cl2Si. The monoisotopic (exact) mass is 232 g/mol. The minimum atomic E-state index is -1.59. The topological polar surface area (TPSA) is 0 Å². The molecule has 0 bridgehead atoms. The van der Waals surface area contributed by atoms with Gasteiger partial charge in [0.15, 0.2) is 0 Å². The van der Waals surface area contributed by atoms with Gasteiger partial charge in [-0.2, -0.15) is 0 Å². The molecule has 72 valence electrons. The lowest BCUT2D eigenvalue weighted by molar-refractivity contribution is 1.15. The lowest BCUT2D eigenvalue weighted by atomic mass is 10.2. The summed E-state index contributed by atoms with van der Waals surface area (Å²) in [6.07, 6.45) is 0. The fourth-order valence-corrected chi connectivity index (χ4v) is 2.37. The Morgan fingerprint density at radius 2 is 1.46 bits per heavy atom. The Hall–Kier alpha value is 0.0169. The third-order valence-electron chi connectivity index (χ3n) is 2.08. The second-order valence-corrected chi connectivity index (χ2v) is 11.4. The molecule has 0 radical (unpaired) electrons. The van der Waals surface area contributed by atoms with Crippen LogP contribution in [0, 0.1) is 0 Å². The first-order valence-electron chi connectivity index (χ1n) is 4.29. The number of halogens is 2. The molecule has 3 heteroatoms. The van der Waals surface area contributed by atoms with Gasteiger partial charge in [0.1, 0.15) is 3.96 Å². The molecule has 0 aliphatic carbocycles. The van der Waals surface area contributed by atoms with E-state index in [-0.39, 0.29) is 0 Å². The number of rotatable bonds is 2. The van der Waals surface area contributed by atoms with Gasteiger partial charge in [-0.25, -0.2) is 0 Å². The lowest BCUT2D eigenvalue weighted by Gasteiger charge is -2.32. The SMILES string of the molecule is C[Si](C)(C)C(Cl)(Cl)c1ccccc1. The maximum absolute atomic E-state index is 6.36. The first kappa shape index (κ1) is 11.1. The summed E-state index contributed by atoms with van der Waals surface area (Å²) in [4.78, 5) is 0. The van der Waals surface area contributed by atoms with Gasteiger partial charge in [0, 0.05) is 0 Å². The summed E-state index contributed by atoms with van der Waals surface area (Å²) in [5.74, 6) is 0. The van der Waals surface area contributed by atoms with Crippen molar-refractivity contribution in [1.82, 2.24) is 0 Å². The summed E-state index contributed by atoms with van der Waals surface area (Å²) < 4.78 is -0.686. The zero-order valence-electron chi connectivity index (χ0n) is 8.14. The minimum absolute atomic E-state index is 0.686. The largest absolute Gasteiger partial charge is 0.130 e. The molecule has 0 saturated carbocycles. The molecule has 13 heavy (non-hydrogen) atoms. The molecule has 0 aromatic heterocycles. The van der Waals surface area contributed by atoms with Crippen molar-refractivity contribution in [2.75, 3.05) is 0 Å². The van der Waals surface area contributed by atoms with Gasteiger partial charge in [-0.05, 0) is 5.56 Å². The molecule has 0 amide bonds. The van der Waals surface area contributed by atoms with Crippen molar-refractivity contribution < 1.29 is 0 Å². The Labute approximate surface area is 90.9 Å². The van der Waals surface area contributed by atoms with E-state index in [9.17, 15) is 0 Å². The van der Waals surface area contributed by atoms with Gasteiger partial charge in [-0.1, -0.05) is 50.0 Å². The molecule has 0 saturated heterocycles. The summed E-state index contributed by atoms with van der Waals surface area (Å²) in [5.41, 5.74) is 1.01. The Morgan fingerprint density at radius 3 is 1.85 bits per heavy atom.